The van der Waals surface area contributed by atoms with E-state index in [0.717, 1.165) is 17.7 Å². The lowest BCUT2D eigenvalue weighted by atomic mass is 10.1. The molecular weight excluding hydrogens is 300 g/mol. The number of anilines is 2. The molecule has 0 saturated carbocycles. The maximum atomic E-state index is 12.6. The van der Waals surface area contributed by atoms with E-state index in [2.05, 4.69) is 12.2 Å². The number of benzene rings is 2. The molecule has 0 aliphatic carbocycles. The van der Waals surface area contributed by atoms with Crippen molar-refractivity contribution in [3.8, 4) is 5.75 Å². The second-order valence-corrected chi connectivity index (χ2v) is 5.49. The van der Waals surface area contributed by atoms with E-state index in [-0.39, 0.29) is 6.03 Å². The second kappa shape index (κ2) is 6.28. The van der Waals surface area contributed by atoms with Crippen LogP contribution in [0.3, 0.4) is 0 Å². The lowest BCUT2D eigenvalue weighted by molar-refractivity contribution is 0.250. The Morgan fingerprint density at radius 1 is 1.32 bits per heavy atom. The van der Waals surface area contributed by atoms with E-state index in [4.69, 9.17) is 16.3 Å². The number of rotatable bonds is 2. The van der Waals surface area contributed by atoms with Gasteiger partial charge in [0.2, 0.25) is 0 Å². The molecule has 0 saturated heterocycles. The van der Waals surface area contributed by atoms with Gasteiger partial charge in [-0.1, -0.05) is 36.7 Å². The maximum Gasteiger partial charge on any atom is 0.326 e. The van der Waals surface area contributed by atoms with Crippen molar-refractivity contribution in [3.63, 3.8) is 0 Å². The van der Waals surface area contributed by atoms with Crippen molar-refractivity contribution in [2.45, 2.75) is 13.3 Å². The van der Waals surface area contributed by atoms with Gasteiger partial charge in [-0.3, -0.25) is 4.90 Å². The first-order chi connectivity index (χ1) is 10.7. The van der Waals surface area contributed by atoms with Gasteiger partial charge < -0.3 is 10.1 Å². The fourth-order valence-electron chi connectivity index (χ4n) is 2.54. The monoisotopic (exact) mass is 316 g/mol. The van der Waals surface area contributed by atoms with E-state index in [1.54, 1.807) is 23.1 Å². The summed E-state index contributed by atoms with van der Waals surface area (Å²) >= 11 is 6.04. The molecule has 1 N–H and O–H groups in total. The molecule has 2 aromatic rings. The van der Waals surface area contributed by atoms with Crippen molar-refractivity contribution in [2.24, 2.45) is 0 Å². The number of nitrogens with zero attached hydrogens (tertiary/aromatic N) is 1. The van der Waals surface area contributed by atoms with Crippen LogP contribution in [0, 0.1) is 0 Å². The number of halogens is 1. The molecule has 0 radical (unpaired) electrons. The van der Waals surface area contributed by atoms with Crippen LogP contribution in [-0.4, -0.2) is 19.2 Å². The number of nitrogens with one attached hydrogen (secondary N) is 1. The van der Waals surface area contributed by atoms with Crippen molar-refractivity contribution < 1.29 is 9.53 Å². The predicted molar refractivity (Wildman–Crippen MR) is 89.1 cm³/mol. The predicted octanol–water partition coefficient (Wildman–Crippen LogP) is 4.33. The molecule has 1 heterocycles. The molecular formula is C17H17ClN2O2. The van der Waals surface area contributed by atoms with Gasteiger partial charge in [0.1, 0.15) is 12.4 Å². The molecule has 0 atom stereocenters. The minimum atomic E-state index is -0.173. The summed E-state index contributed by atoms with van der Waals surface area (Å²) in [6.07, 6.45) is 0.863. The molecule has 3 rings (SSSR count). The van der Waals surface area contributed by atoms with Crippen molar-refractivity contribution in [1.82, 2.24) is 0 Å². The third kappa shape index (κ3) is 2.88. The first kappa shape index (κ1) is 14.7. The summed E-state index contributed by atoms with van der Waals surface area (Å²) in [6.45, 7) is 3.03. The molecule has 0 bridgehead atoms. The summed E-state index contributed by atoms with van der Waals surface area (Å²) in [7, 11) is 0. The molecule has 1 aliphatic rings. The molecule has 114 valence electrons. The number of fused-ring (bicyclic) bond motifs is 1. The van der Waals surface area contributed by atoms with Gasteiger partial charge in [-0.25, -0.2) is 4.79 Å². The number of carbonyl (C=O) groups is 1. The molecule has 0 spiro atoms. The van der Waals surface area contributed by atoms with E-state index >= 15 is 0 Å². The fraction of sp³-hybridized carbons (Fsp3) is 0.235. The molecule has 2 amide bonds. The van der Waals surface area contributed by atoms with Gasteiger partial charge in [0.05, 0.1) is 12.2 Å². The van der Waals surface area contributed by atoms with Crippen LogP contribution < -0.4 is 15.0 Å². The highest BCUT2D eigenvalue weighted by Gasteiger charge is 2.24. The SMILES string of the molecule is CCc1ccccc1NC(=O)N1CCOc2ccc(Cl)cc21. The lowest BCUT2D eigenvalue weighted by Gasteiger charge is -2.30. The van der Waals surface area contributed by atoms with Crippen LogP contribution in [0.2, 0.25) is 5.02 Å². The third-order valence-corrected chi connectivity index (χ3v) is 3.90. The second-order valence-electron chi connectivity index (χ2n) is 5.05. The topological polar surface area (TPSA) is 41.6 Å². The van der Waals surface area contributed by atoms with Gasteiger partial charge in [-0.2, -0.15) is 0 Å². The Morgan fingerprint density at radius 3 is 2.95 bits per heavy atom. The zero-order chi connectivity index (χ0) is 15.5. The van der Waals surface area contributed by atoms with E-state index in [1.165, 1.54) is 0 Å². The van der Waals surface area contributed by atoms with Gasteiger partial charge in [0.15, 0.2) is 0 Å². The zero-order valence-corrected chi connectivity index (χ0v) is 13.1. The molecule has 0 aromatic heterocycles. The number of amides is 2. The number of aryl methyl sites for hydroxylation is 1. The number of para-hydroxylation sites is 1. The van der Waals surface area contributed by atoms with Crippen LogP contribution in [0.1, 0.15) is 12.5 Å². The molecule has 2 aromatic carbocycles. The average Bonchev–Trinajstić information content (AvgIpc) is 2.54. The summed E-state index contributed by atoms with van der Waals surface area (Å²) in [4.78, 5) is 14.3. The number of hydrogen-bond donors (Lipinski definition) is 1. The number of ether oxygens (including phenoxy) is 1. The van der Waals surface area contributed by atoms with Crippen LogP contribution >= 0.6 is 11.6 Å². The summed E-state index contributed by atoms with van der Waals surface area (Å²) in [5, 5.41) is 3.56. The van der Waals surface area contributed by atoms with E-state index in [9.17, 15) is 4.79 Å². The smallest absolute Gasteiger partial charge is 0.326 e. The van der Waals surface area contributed by atoms with Crippen molar-refractivity contribution in [3.05, 3.63) is 53.1 Å². The minimum Gasteiger partial charge on any atom is -0.490 e. The number of urea groups is 1. The van der Waals surface area contributed by atoms with Gasteiger partial charge in [0.25, 0.3) is 0 Å². The molecule has 4 nitrogen and oxygen atoms in total. The molecule has 22 heavy (non-hydrogen) atoms. The summed E-state index contributed by atoms with van der Waals surface area (Å²) < 4.78 is 5.57. The normalized spacial score (nSPS) is 13.3. The van der Waals surface area contributed by atoms with Gasteiger partial charge >= 0.3 is 6.03 Å². The highest BCUT2D eigenvalue weighted by atomic mass is 35.5. The Balaban J connectivity index is 1.86. The molecule has 0 fully saturated rings. The summed E-state index contributed by atoms with van der Waals surface area (Å²) in [5.74, 6) is 0.676. The highest BCUT2D eigenvalue weighted by Crippen LogP contribution is 2.34. The summed E-state index contributed by atoms with van der Waals surface area (Å²) in [6, 6.07) is 12.9. The van der Waals surface area contributed by atoms with Crippen LogP contribution in [-0.2, 0) is 6.42 Å². The third-order valence-electron chi connectivity index (χ3n) is 3.67. The van der Waals surface area contributed by atoms with Crippen molar-refractivity contribution >= 4 is 29.0 Å². The van der Waals surface area contributed by atoms with Crippen LogP contribution in [0.5, 0.6) is 5.75 Å². The Labute approximate surface area is 134 Å². The average molecular weight is 317 g/mol. The van der Waals surface area contributed by atoms with Crippen LogP contribution in [0.15, 0.2) is 42.5 Å². The van der Waals surface area contributed by atoms with E-state index in [1.807, 2.05) is 24.3 Å². The highest BCUT2D eigenvalue weighted by molar-refractivity contribution is 6.31. The standard InChI is InChI=1S/C17H17ClN2O2/c1-2-12-5-3-4-6-14(12)19-17(21)20-9-10-22-16-8-7-13(18)11-15(16)20/h3-8,11H,2,9-10H2,1H3,(H,19,21). The van der Waals surface area contributed by atoms with Crippen molar-refractivity contribution in [2.75, 3.05) is 23.4 Å². The number of carbonyl (C=O) groups excluding carboxylic acids is 1. The first-order valence-electron chi connectivity index (χ1n) is 7.28. The Morgan fingerprint density at radius 2 is 2.14 bits per heavy atom. The summed E-state index contributed by atoms with van der Waals surface area (Å²) in [5.41, 5.74) is 2.64. The maximum absolute atomic E-state index is 12.6. The molecule has 1 aliphatic heterocycles. The molecule has 5 heteroatoms. The van der Waals surface area contributed by atoms with Crippen LogP contribution in [0.4, 0.5) is 16.2 Å². The first-order valence-corrected chi connectivity index (χ1v) is 7.65. The fourth-order valence-corrected chi connectivity index (χ4v) is 2.70. The Hall–Kier alpha value is -2.20. The van der Waals surface area contributed by atoms with Gasteiger partial charge in [-0.15, -0.1) is 0 Å². The van der Waals surface area contributed by atoms with E-state index in [0.29, 0.717) is 29.6 Å². The van der Waals surface area contributed by atoms with Crippen LogP contribution in [0.25, 0.3) is 0 Å². The Bertz CT molecular complexity index is 703. The zero-order valence-electron chi connectivity index (χ0n) is 12.3. The quantitative estimate of drug-likeness (QED) is 0.895. The minimum absolute atomic E-state index is 0.173. The van der Waals surface area contributed by atoms with Crippen molar-refractivity contribution in [1.29, 1.82) is 0 Å². The molecule has 0 unspecified atom stereocenters. The van der Waals surface area contributed by atoms with Gasteiger partial charge in [-0.05, 0) is 36.2 Å². The lowest BCUT2D eigenvalue weighted by Crippen LogP contribution is -2.40. The van der Waals surface area contributed by atoms with Gasteiger partial charge in [0, 0.05) is 10.7 Å². The largest absolute Gasteiger partial charge is 0.490 e. The van der Waals surface area contributed by atoms with E-state index < -0.39 is 0 Å². The number of hydrogen-bond acceptors (Lipinski definition) is 2. The Kier molecular flexibility index (Phi) is 4.20.